The molecule has 0 radical (unpaired) electrons. The summed E-state index contributed by atoms with van der Waals surface area (Å²) in [6, 6.07) is 8.41. The quantitative estimate of drug-likeness (QED) is 0.699. The first-order valence-corrected chi connectivity index (χ1v) is 7.91. The Hall–Kier alpha value is -0.840. The van der Waals surface area contributed by atoms with Crippen molar-refractivity contribution in [3.8, 4) is 11.5 Å². The average molecular weight is 381 g/mol. The zero-order chi connectivity index (χ0) is 16.1. The zero-order valence-electron chi connectivity index (χ0n) is 11.4. The lowest BCUT2D eigenvalue weighted by Gasteiger charge is -2.13. The smallest absolute Gasteiger partial charge is 0.156 e. The van der Waals surface area contributed by atoms with E-state index in [0.29, 0.717) is 44.7 Å². The van der Waals surface area contributed by atoms with Crippen LogP contribution in [0.5, 0.6) is 11.5 Å². The Kier molecular flexibility index (Phi) is 6.48. The van der Waals surface area contributed by atoms with Crippen molar-refractivity contribution in [1.29, 1.82) is 0 Å². The van der Waals surface area contributed by atoms with Gasteiger partial charge in [-0.3, -0.25) is 0 Å². The highest BCUT2D eigenvalue weighted by Crippen LogP contribution is 2.35. The number of rotatable bonds is 6. The van der Waals surface area contributed by atoms with Gasteiger partial charge in [-0.2, -0.15) is 0 Å². The first kappa shape index (κ1) is 17.5. The summed E-state index contributed by atoms with van der Waals surface area (Å²) in [6.45, 7) is 0.920. The molecule has 0 atom stereocenters. The number of hydrogen-bond donors (Lipinski definition) is 1. The molecular formula is C15H13Cl4NO2. The van der Waals surface area contributed by atoms with Gasteiger partial charge in [0.1, 0.15) is 19.0 Å². The molecule has 118 valence electrons. The van der Waals surface area contributed by atoms with Gasteiger partial charge in [-0.05, 0) is 30.3 Å². The van der Waals surface area contributed by atoms with Crippen LogP contribution in [0.4, 0.5) is 0 Å². The van der Waals surface area contributed by atoms with Crippen LogP contribution in [0.25, 0.3) is 0 Å². The van der Waals surface area contributed by atoms with Gasteiger partial charge in [0, 0.05) is 22.2 Å². The van der Waals surface area contributed by atoms with Crippen molar-refractivity contribution < 1.29 is 9.47 Å². The number of hydrogen-bond acceptors (Lipinski definition) is 3. The van der Waals surface area contributed by atoms with E-state index < -0.39 is 0 Å². The fourth-order valence-corrected chi connectivity index (χ4v) is 2.93. The van der Waals surface area contributed by atoms with Crippen molar-refractivity contribution in [2.45, 2.75) is 6.54 Å². The monoisotopic (exact) mass is 379 g/mol. The molecule has 2 aromatic rings. The maximum atomic E-state index is 6.03. The molecule has 22 heavy (non-hydrogen) atoms. The van der Waals surface area contributed by atoms with Gasteiger partial charge >= 0.3 is 0 Å². The van der Waals surface area contributed by atoms with Crippen molar-refractivity contribution in [3.05, 3.63) is 56.0 Å². The van der Waals surface area contributed by atoms with Gasteiger partial charge in [0.2, 0.25) is 0 Å². The van der Waals surface area contributed by atoms with Gasteiger partial charge in [0.25, 0.3) is 0 Å². The lowest BCUT2D eigenvalue weighted by Crippen LogP contribution is -2.11. The number of benzene rings is 2. The van der Waals surface area contributed by atoms with Gasteiger partial charge in [-0.25, -0.2) is 0 Å². The molecule has 0 aromatic heterocycles. The predicted molar refractivity (Wildman–Crippen MR) is 91.8 cm³/mol. The lowest BCUT2D eigenvalue weighted by molar-refractivity contribution is 0.216. The molecule has 0 fully saturated rings. The van der Waals surface area contributed by atoms with E-state index in [9.17, 15) is 0 Å². The minimum Gasteiger partial charge on any atom is -0.490 e. The average Bonchev–Trinajstić information content (AvgIpc) is 2.46. The fourth-order valence-electron chi connectivity index (χ4n) is 1.81. The third-order valence-corrected chi connectivity index (χ3v) is 3.81. The maximum Gasteiger partial charge on any atom is 0.156 e. The van der Waals surface area contributed by atoms with E-state index in [4.69, 9.17) is 61.6 Å². The maximum absolute atomic E-state index is 6.03. The summed E-state index contributed by atoms with van der Waals surface area (Å²) >= 11 is 23.8. The van der Waals surface area contributed by atoms with Crippen molar-refractivity contribution >= 4 is 46.4 Å². The molecule has 0 aliphatic heterocycles. The molecule has 0 saturated heterocycles. The summed E-state index contributed by atoms with van der Waals surface area (Å²) < 4.78 is 11.2. The van der Waals surface area contributed by atoms with Crippen LogP contribution in [0.3, 0.4) is 0 Å². The van der Waals surface area contributed by atoms with E-state index in [0.717, 1.165) is 5.56 Å². The van der Waals surface area contributed by atoms with E-state index in [2.05, 4.69) is 0 Å². The van der Waals surface area contributed by atoms with Crippen LogP contribution in [0.2, 0.25) is 20.1 Å². The van der Waals surface area contributed by atoms with Gasteiger partial charge in [0.15, 0.2) is 5.75 Å². The topological polar surface area (TPSA) is 44.5 Å². The van der Waals surface area contributed by atoms with Gasteiger partial charge in [-0.1, -0.05) is 46.4 Å². The lowest BCUT2D eigenvalue weighted by atomic mass is 10.2. The fraction of sp³-hybridized carbons (Fsp3) is 0.200. The predicted octanol–water partition coefficient (Wildman–Crippen LogP) is 5.22. The molecule has 7 heteroatoms. The normalized spacial score (nSPS) is 10.6. The number of nitrogens with two attached hydrogens (primary N) is 1. The zero-order valence-corrected chi connectivity index (χ0v) is 14.4. The second-order valence-corrected chi connectivity index (χ2v) is 6.04. The van der Waals surface area contributed by atoms with Crippen LogP contribution in [0.15, 0.2) is 30.3 Å². The van der Waals surface area contributed by atoms with E-state index in [-0.39, 0.29) is 6.61 Å². The Morgan fingerprint density at radius 1 is 0.818 bits per heavy atom. The Morgan fingerprint density at radius 3 is 2.09 bits per heavy atom. The molecule has 0 aliphatic rings. The van der Waals surface area contributed by atoms with E-state index in [1.807, 2.05) is 0 Å². The minimum absolute atomic E-state index is 0.272. The summed E-state index contributed by atoms with van der Waals surface area (Å²) in [4.78, 5) is 0. The van der Waals surface area contributed by atoms with Crippen LogP contribution in [0.1, 0.15) is 5.56 Å². The summed E-state index contributed by atoms with van der Waals surface area (Å²) in [5, 5.41) is 1.77. The van der Waals surface area contributed by atoms with Crippen LogP contribution < -0.4 is 15.2 Å². The summed E-state index contributed by atoms with van der Waals surface area (Å²) in [5.74, 6) is 1.05. The summed E-state index contributed by atoms with van der Waals surface area (Å²) in [6.07, 6.45) is 0. The van der Waals surface area contributed by atoms with E-state index >= 15 is 0 Å². The van der Waals surface area contributed by atoms with Crippen molar-refractivity contribution in [2.75, 3.05) is 13.2 Å². The molecule has 0 saturated carbocycles. The first-order chi connectivity index (χ1) is 10.5. The highest BCUT2D eigenvalue weighted by molar-refractivity contribution is 6.40. The Balaban J connectivity index is 1.93. The Bertz CT molecular complexity index is 641. The highest BCUT2D eigenvalue weighted by Gasteiger charge is 2.09. The molecule has 0 amide bonds. The second kappa shape index (κ2) is 8.14. The summed E-state index contributed by atoms with van der Waals surface area (Å²) in [7, 11) is 0. The van der Waals surface area contributed by atoms with E-state index in [1.165, 1.54) is 0 Å². The number of halogens is 4. The van der Waals surface area contributed by atoms with Crippen molar-refractivity contribution in [1.82, 2.24) is 0 Å². The molecule has 0 heterocycles. The second-order valence-electron chi connectivity index (χ2n) is 4.35. The highest BCUT2D eigenvalue weighted by atomic mass is 35.5. The molecule has 2 N–H and O–H groups in total. The number of ether oxygens (including phenoxy) is 2. The largest absolute Gasteiger partial charge is 0.490 e. The van der Waals surface area contributed by atoms with Gasteiger partial charge in [-0.15, -0.1) is 0 Å². The standard InChI is InChI=1S/C15H13Cl4NO2/c16-10-1-2-14(9(5-10)8-20)21-3-4-22-15-12(18)6-11(17)7-13(15)19/h1-2,5-7H,3-4,8,20H2. The van der Waals surface area contributed by atoms with Crippen LogP contribution in [-0.2, 0) is 6.54 Å². The summed E-state index contributed by atoms with van der Waals surface area (Å²) in [5.41, 5.74) is 6.48. The third kappa shape index (κ3) is 4.58. The minimum atomic E-state index is 0.272. The van der Waals surface area contributed by atoms with Crippen LogP contribution in [0, 0.1) is 0 Å². The van der Waals surface area contributed by atoms with Gasteiger partial charge in [0.05, 0.1) is 10.0 Å². The van der Waals surface area contributed by atoms with Crippen molar-refractivity contribution in [3.63, 3.8) is 0 Å². The molecule has 0 spiro atoms. The Labute approximate surface area is 148 Å². The first-order valence-electron chi connectivity index (χ1n) is 6.40. The molecule has 3 nitrogen and oxygen atoms in total. The third-order valence-electron chi connectivity index (χ3n) is 2.79. The van der Waals surface area contributed by atoms with Crippen molar-refractivity contribution in [2.24, 2.45) is 5.73 Å². The molecule has 2 aromatic carbocycles. The molecule has 2 rings (SSSR count). The van der Waals surface area contributed by atoms with Crippen LogP contribution in [-0.4, -0.2) is 13.2 Å². The Morgan fingerprint density at radius 2 is 1.45 bits per heavy atom. The molecule has 0 unspecified atom stereocenters. The van der Waals surface area contributed by atoms with E-state index in [1.54, 1.807) is 30.3 Å². The molecular weight excluding hydrogens is 368 g/mol. The molecule has 0 bridgehead atoms. The van der Waals surface area contributed by atoms with Crippen LogP contribution >= 0.6 is 46.4 Å². The SMILES string of the molecule is NCc1cc(Cl)ccc1OCCOc1c(Cl)cc(Cl)cc1Cl. The van der Waals surface area contributed by atoms with Gasteiger partial charge < -0.3 is 15.2 Å². The molecule has 0 aliphatic carbocycles.